The van der Waals surface area contributed by atoms with Crippen molar-refractivity contribution in [1.29, 1.82) is 0 Å². The van der Waals surface area contributed by atoms with E-state index in [2.05, 4.69) is 0 Å². The van der Waals surface area contributed by atoms with Crippen LogP contribution < -0.4 is 9.47 Å². The summed E-state index contributed by atoms with van der Waals surface area (Å²) >= 11 is 11.6. The van der Waals surface area contributed by atoms with Crippen molar-refractivity contribution in [2.45, 2.75) is 6.61 Å². The van der Waals surface area contributed by atoms with Crippen LogP contribution in [-0.4, -0.2) is 12.4 Å². The molecule has 0 aliphatic carbocycles. The van der Waals surface area contributed by atoms with Gasteiger partial charge in [0.05, 0.1) is 12.7 Å². The highest BCUT2D eigenvalue weighted by molar-refractivity contribution is 6.68. The Hall–Kier alpha value is -1.71. The summed E-state index contributed by atoms with van der Waals surface area (Å²) in [7, 11) is 1.50. The molecule has 104 valence electrons. The molecule has 0 saturated carbocycles. The van der Waals surface area contributed by atoms with Crippen LogP contribution in [0.1, 0.15) is 15.9 Å². The van der Waals surface area contributed by atoms with Crippen molar-refractivity contribution in [3.8, 4) is 11.5 Å². The third kappa shape index (κ3) is 3.24. The van der Waals surface area contributed by atoms with Crippen molar-refractivity contribution in [3.05, 3.63) is 58.6 Å². The Morgan fingerprint density at radius 3 is 2.55 bits per heavy atom. The van der Waals surface area contributed by atoms with Gasteiger partial charge in [0.25, 0.3) is 5.24 Å². The zero-order valence-corrected chi connectivity index (χ0v) is 12.2. The molecule has 0 atom stereocenters. The highest BCUT2D eigenvalue weighted by Gasteiger charge is 2.15. The molecule has 2 rings (SSSR count). The summed E-state index contributed by atoms with van der Waals surface area (Å²) in [4.78, 5) is 11.4. The number of hydrogen-bond donors (Lipinski definition) is 0. The monoisotopic (exact) mass is 310 g/mol. The van der Waals surface area contributed by atoms with E-state index in [1.54, 1.807) is 24.3 Å². The van der Waals surface area contributed by atoms with Crippen LogP contribution in [0.3, 0.4) is 0 Å². The number of ether oxygens (including phenoxy) is 2. The number of carbonyl (C=O) groups is 1. The predicted molar refractivity (Wildman–Crippen MR) is 79.0 cm³/mol. The zero-order chi connectivity index (χ0) is 14.5. The van der Waals surface area contributed by atoms with Crippen molar-refractivity contribution in [2.24, 2.45) is 0 Å². The van der Waals surface area contributed by atoms with Crippen LogP contribution in [0.4, 0.5) is 0 Å². The van der Waals surface area contributed by atoms with Gasteiger partial charge in [0, 0.05) is 10.6 Å². The van der Waals surface area contributed by atoms with E-state index in [1.807, 2.05) is 18.2 Å². The van der Waals surface area contributed by atoms with Gasteiger partial charge in [-0.25, -0.2) is 0 Å². The molecule has 0 spiro atoms. The molecule has 0 unspecified atom stereocenters. The fourth-order valence-corrected chi connectivity index (χ4v) is 2.08. The maximum Gasteiger partial charge on any atom is 0.256 e. The summed E-state index contributed by atoms with van der Waals surface area (Å²) in [5, 5.41) is -0.000735. The van der Waals surface area contributed by atoms with Gasteiger partial charge in [-0.05, 0) is 29.8 Å². The maximum atomic E-state index is 11.4. The SMILES string of the molecule is COc1cccc(C(=O)Cl)c1OCc1ccccc1Cl. The van der Waals surface area contributed by atoms with Gasteiger partial charge in [0.15, 0.2) is 11.5 Å². The fourth-order valence-electron chi connectivity index (χ4n) is 1.75. The Morgan fingerprint density at radius 2 is 1.90 bits per heavy atom. The molecule has 0 aliphatic heterocycles. The molecule has 0 radical (unpaired) electrons. The topological polar surface area (TPSA) is 35.5 Å². The number of methoxy groups -OCH3 is 1. The van der Waals surface area contributed by atoms with Crippen LogP contribution in [0, 0.1) is 0 Å². The van der Waals surface area contributed by atoms with E-state index >= 15 is 0 Å². The van der Waals surface area contributed by atoms with E-state index in [1.165, 1.54) is 7.11 Å². The molecular formula is C15H12Cl2O3. The summed E-state index contributed by atoms with van der Waals surface area (Å²) in [6, 6.07) is 12.3. The Morgan fingerprint density at radius 1 is 1.15 bits per heavy atom. The number of para-hydroxylation sites is 1. The molecular weight excluding hydrogens is 299 g/mol. The van der Waals surface area contributed by atoms with E-state index < -0.39 is 5.24 Å². The van der Waals surface area contributed by atoms with Gasteiger partial charge < -0.3 is 9.47 Å². The second kappa shape index (κ2) is 6.64. The number of halogens is 2. The molecule has 0 aromatic heterocycles. The lowest BCUT2D eigenvalue weighted by Crippen LogP contribution is -2.03. The number of benzene rings is 2. The molecule has 2 aromatic rings. The molecule has 0 N–H and O–H groups in total. The quantitative estimate of drug-likeness (QED) is 0.772. The van der Waals surface area contributed by atoms with E-state index in [-0.39, 0.29) is 12.2 Å². The van der Waals surface area contributed by atoms with Gasteiger partial charge in [-0.1, -0.05) is 35.9 Å². The van der Waals surface area contributed by atoms with Gasteiger partial charge >= 0.3 is 0 Å². The van der Waals surface area contributed by atoms with Crippen molar-refractivity contribution >= 4 is 28.4 Å². The van der Waals surface area contributed by atoms with Crippen molar-refractivity contribution in [3.63, 3.8) is 0 Å². The Kier molecular flexibility index (Phi) is 4.88. The molecule has 0 fully saturated rings. The second-order valence-corrected chi connectivity index (χ2v) is 4.74. The average Bonchev–Trinajstić information content (AvgIpc) is 2.46. The third-order valence-corrected chi connectivity index (χ3v) is 3.31. The largest absolute Gasteiger partial charge is 0.493 e. The van der Waals surface area contributed by atoms with Gasteiger partial charge in [0.2, 0.25) is 0 Å². The van der Waals surface area contributed by atoms with Crippen molar-refractivity contribution in [2.75, 3.05) is 7.11 Å². The standard InChI is InChI=1S/C15H12Cl2O3/c1-19-13-8-4-6-11(15(17)18)14(13)20-9-10-5-2-3-7-12(10)16/h2-8H,9H2,1H3. The third-order valence-electron chi connectivity index (χ3n) is 2.74. The lowest BCUT2D eigenvalue weighted by Gasteiger charge is -2.13. The Labute approximate surface area is 127 Å². The molecule has 0 amide bonds. The smallest absolute Gasteiger partial charge is 0.256 e. The highest BCUT2D eigenvalue weighted by Crippen LogP contribution is 2.33. The van der Waals surface area contributed by atoms with E-state index in [0.29, 0.717) is 16.5 Å². The van der Waals surface area contributed by atoms with Crippen LogP contribution in [0.25, 0.3) is 0 Å². The fraction of sp³-hybridized carbons (Fsp3) is 0.133. The molecule has 0 heterocycles. The summed E-state index contributed by atoms with van der Waals surface area (Å²) in [5.41, 5.74) is 1.08. The predicted octanol–water partition coefficient (Wildman–Crippen LogP) is 4.31. The first kappa shape index (κ1) is 14.7. The molecule has 2 aromatic carbocycles. The minimum absolute atomic E-state index is 0.219. The number of rotatable bonds is 5. The van der Waals surface area contributed by atoms with Crippen LogP contribution in [0.5, 0.6) is 11.5 Å². The molecule has 5 heteroatoms. The molecule has 20 heavy (non-hydrogen) atoms. The normalized spacial score (nSPS) is 10.2. The molecule has 0 bridgehead atoms. The van der Waals surface area contributed by atoms with Crippen molar-refractivity contribution < 1.29 is 14.3 Å². The first-order chi connectivity index (χ1) is 9.63. The van der Waals surface area contributed by atoms with E-state index in [9.17, 15) is 4.79 Å². The van der Waals surface area contributed by atoms with Gasteiger partial charge in [-0.15, -0.1) is 0 Å². The lowest BCUT2D eigenvalue weighted by molar-refractivity contribution is 0.107. The minimum Gasteiger partial charge on any atom is -0.493 e. The summed E-state index contributed by atoms with van der Waals surface area (Å²) < 4.78 is 10.9. The van der Waals surface area contributed by atoms with Crippen LogP contribution in [0.2, 0.25) is 5.02 Å². The molecule has 3 nitrogen and oxygen atoms in total. The van der Waals surface area contributed by atoms with Gasteiger partial charge in [0.1, 0.15) is 6.61 Å². The van der Waals surface area contributed by atoms with Gasteiger partial charge in [-0.3, -0.25) is 4.79 Å². The number of carbonyl (C=O) groups excluding carboxylic acids is 1. The summed E-state index contributed by atoms with van der Waals surface area (Å²) in [6.45, 7) is 0.219. The lowest BCUT2D eigenvalue weighted by atomic mass is 10.2. The first-order valence-electron chi connectivity index (χ1n) is 5.86. The maximum absolute atomic E-state index is 11.4. The van der Waals surface area contributed by atoms with Gasteiger partial charge in [-0.2, -0.15) is 0 Å². The van der Waals surface area contributed by atoms with E-state index in [4.69, 9.17) is 32.7 Å². The van der Waals surface area contributed by atoms with E-state index in [0.717, 1.165) is 5.56 Å². The molecule has 0 saturated heterocycles. The summed E-state index contributed by atoms with van der Waals surface area (Å²) in [5.74, 6) is 0.762. The second-order valence-electron chi connectivity index (χ2n) is 3.99. The number of hydrogen-bond acceptors (Lipinski definition) is 3. The summed E-state index contributed by atoms with van der Waals surface area (Å²) in [6.07, 6.45) is 0. The van der Waals surface area contributed by atoms with Crippen molar-refractivity contribution in [1.82, 2.24) is 0 Å². The van der Waals surface area contributed by atoms with Crippen LogP contribution in [-0.2, 0) is 6.61 Å². The Balaban J connectivity index is 2.29. The average molecular weight is 311 g/mol. The zero-order valence-electron chi connectivity index (χ0n) is 10.7. The highest BCUT2D eigenvalue weighted by atomic mass is 35.5. The van der Waals surface area contributed by atoms with Crippen LogP contribution in [0.15, 0.2) is 42.5 Å². The molecule has 0 aliphatic rings. The first-order valence-corrected chi connectivity index (χ1v) is 6.62. The Bertz CT molecular complexity index is 626. The minimum atomic E-state index is -0.599. The van der Waals surface area contributed by atoms with Crippen LogP contribution >= 0.6 is 23.2 Å².